The van der Waals surface area contributed by atoms with E-state index in [4.69, 9.17) is 15.8 Å². The van der Waals surface area contributed by atoms with Gasteiger partial charge in [0, 0.05) is 5.56 Å². The van der Waals surface area contributed by atoms with E-state index in [0.29, 0.717) is 16.7 Å². The van der Waals surface area contributed by atoms with Crippen LogP contribution in [0.15, 0.2) is 18.2 Å². The molecule has 1 rings (SSSR count). The predicted molar refractivity (Wildman–Crippen MR) is 49.9 cm³/mol. The summed E-state index contributed by atoms with van der Waals surface area (Å²) in [4.78, 5) is 0. The highest BCUT2D eigenvalue weighted by Crippen LogP contribution is 2.22. The monoisotopic (exact) mass is 181 g/mol. The van der Waals surface area contributed by atoms with E-state index in [1.54, 1.807) is 25.1 Å². The lowest BCUT2D eigenvalue weighted by Crippen LogP contribution is -1.98. The molecule has 0 amide bonds. The van der Waals surface area contributed by atoms with Crippen molar-refractivity contribution in [3.8, 4) is 18.2 Å². The average Bonchev–Trinajstić information content (AvgIpc) is 2.26. The van der Waals surface area contributed by atoms with Gasteiger partial charge in [0.05, 0.1) is 35.3 Å². The highest BCUT2D eigenvalue weighted by Gasteiger charge is 2.14. The Morgan fingerprint density at radius 2 is 1.57 bits per heavy atom. The number of nitrogens with zero attached hydrogens (tertiary/aromatic N) is 3. The largest absolute Gasteiger partial charge is 0.198 e. The van der Waals surface area contributed by atoms with E-state index in [0.717, 1.165) is 0 Å². The molecule has 0 aliphatic heterocycles. The molecule has 0 aliphatic carbocycles. The second-order valence-electron chi connectivity index (χ2n) is 2.84. The Morgan fingerprint density at radius 3 is 1.93 bits per heavy atom. The Labute approximate surface area is 82.4 Å². The summed E-state index contributed by atoms with van der Waals surface area (Å²) < 4.78 is 0. The molecule has 0 radical (unpaired) electrons. The number of benzene rings is 1. The minimum Gasteiger partial charge on any atom is -0.198 e. The standard InChI is InChI=1S/C11H7N3/c1-8(5-12)11-9(6-13)3-2-4-10(11)7-14/h2-4,8H,1H3. The Bertz CT molecular complexity index is 437. The molecular weight excluding hydrogens is 174 g/mol. The van der Waals surface area contributed by atoms with Crippen LogP contribution in [0.2, 0.25) is 0 Å². The number of nitriles is 3. The van der Waals surface area contributed by atoms with Crippen LogP contribution in [-0.2, 0) is 0 Å². The molecule has 66 valence electrons. The Kier molecular flexibility index (Phi) is 2.85. The number of rotatable bonds is 1. The third-order valence-electron chi connectivity index (χ3n) is 1.97. The van der Waals surface area contributed by atoms with E-state index in [9.17, 15) is 0 Å². The van der Waals surface area contributed by atoms with Crippen LogP contribution < -0.4 is 0 Å². The van der Waals surface area contributed by atoms with Gasteiger partial charge in [-0.25, -0.2) is 0 Å². The quantitative estimate of drug-likeness (QED) is 0.665. The van der Waals surface area contributed by atoms with E-state index >= 15 is 0 Å². The van der Waals surface area contributed by atoms with Crippen molar-refractivity contribution in [2.24, 2.45) is 0 Å². The van der Waals surface area contributed by atoms with Crippen molar-refractivity contribution < 1.29 is 0 Å². The van der Waals surface area contributed by atoms with Crippen molar-refractivity contribution in [3.63, 3.8) is 0 Å². The average molecular weight is 181 g/mol. The van der Waals surface area contributed by atoms with Crippen molar-refractivity contribution in [2.45, 2.75) is 12.8 Å². The molecule has 0 aromatic heterocycles. The van der Waals surface area contributed by atoms with Gasteiger partial charge in [0.15, 0.2) is 0 Å². The Balaban J connectivity index is 3.47. The Morgan fingerprint density at radius 1 is 1.07 bits per heavy atom. The SMILES string of the molecule is CC(C#N)c1c(C#N)cccc1C#N. The van der Waals surface area contributed by atoms with Gasteiger partial charge in [-0.1, -0.05) is 6.07 Å². The minimum absolute atomic E-state index is 0.401. The van der Waals surface area contributed by atoms with Gasteiger partial charge in [-0.2, -0.15) is 15.8 Å². The van der Waals surface area contributed by atoms with E-state index in [1.807, 2.05) is 18.2 Å². The van der Waals surface area contributed by atoms with E-state index in [1.165, 1.54) is 0 Å². The summed E-state index contributed by atoms with van der Waals surface area (Å²) in [6.45, 7) is 1.68. The van der Waals surface area contributed by atoms with Crippen molar-refractivity contribution in [3.05, 3.63) is 34.9 Å². The lowest BCUT2D eigenvalue weighted by atomic mass is 9.93. The number of hydrogen-bond acceptors (Lipinski definition) is 3. The number of hydrogen-bond donors (Lipinski definition) is 0. The zero-order chi connectivity index (χ0) is 10.6. The van der Waals surface area contributed by atoms with Crippen LogP contribution in [0.1, 0.15) is 29.5 Å². The van der Waals surface area contributed by atoms with Crippen LogP contribution in [0.4, 0.5) is 0 Å². The molecule has 0 N–H and O–H groups in total. The molecule has 0 heterocycles. The first-order valence-electron chi connectivity index (χ1n) is 4.07. The lowest BCUT2D eigenvalue weighted by molar-refractivity contribution is 0.969. The zero-order valence-electron chi connectivity index (χ0n) is 7.65. The van der Waals surface area contributed by atoms with Crippen LogP contribution >= 0.6 is 0 Å². The highest BCUT2D eigenvalue weighted by molar-refractivity contribution is 5.51. The molecule has 1 aromatic rings. The summed E-state index contributed by atoms with van der Waals surface area (Å²) in [6, 6.07) is 10.9. The minimum atomic E-state index is -0.430. The van der Waals surface area contributed by atoms with Gasteiger partial charge in [0.1, 0.15) is 0 Å². The van der Waals surface area contributed by atoms with Crippen LogP contribution in [0, 0.1) is 34.0 Å². The first-order valence-corrected chi connectivity index (χ1v) is 4.07. The molecule has 1 aromatic carbocycles. The van der Waals surface area contributed by atoms with Gasteiger partial charge in [-0.3, -0.25) is 0 Å². The molecule has 0 saturated heterocycles. The highest BCUT2D eigenvalue weighted by atomic mass is 14.3. The maximum Gasteiger partial charge on any atom is 0.0995 e. The summed E-state index contributed by atoms with van der Waals surface area (Å²) in [7, 11) is 0. The third-order valence-corrected chi connectivity index (χ3v) is 1.97. The summed E-state index contributed by atoms with van der Waals surface area (Å²) in [5.41, 5.74) is 1.33. The molecule has 14 heavy (non-hydrogen) atoms. The van der Waals surface area contributed by atoms with E-state index < -0.39 is 5.92 Å². The molecular formula is C11H7N3. The Hall–Kier alpha value is -2.31. The molecule has 3 heteroatoms. The van der Waals surface area contributed by atoms with Crippen LogP contribution in [0.3, 0.4) is 0 Å². The van der Waals surface area contributed by atoms with Crippen molar-refractivity contribution in [1.82, 2.24) is 0 Å². The van der Waals surface area contributed by atoms with Gasteiger partial charge < -0.3 is 0 Å². The van der Waals surface area contributed by atoms with Crippen molar-refractivity contribution in [2.75, 3.05) is 0 Å². The van der Waals surface area contributed by atoms with Crippen molar-refractivity contribution >= 4 is 0 Å². The maximum absolute atomic E-state index is 8.81. The summed E-state index contributed by atoms with van der Waals surface area (Å²) in [5, 5.41) is 26.4. The normalized spacial score (nSPS) is 10.7. The molecule has 0 bridgehead atoms. The topological polar surface area (TPSA) is 71.4 Å². The van der Waals surface area contributed by atoms with Crippen LogP contribution in [0.25, 0.3) is 0 Å². The second kappa shape index (κ2) is 4.08. The van der Waals surface area contributed by atoms with Crippen LogP contribution in [0.5, 0.6) is 0 Å². The maximum atomic E-state index is 8.81. The van der Waals surface area contributed by atoms with Crippen LogP contribution in [-0.4, -0.2) is 0 Å². The zero-order valence-corrected chi connectivity index (χ0v) is 7.65. The molecule has 0 saturated carbocycles. The van der Waals surface area contributed by atoms with Gasteiger partial charge >= 0.3 is 0 Å². The lowest BCUT2D eigenvalue weighted by Gasteiger charge is -2.06. The smallest absolute Gasteiger partial charge is 0.0995 e. The summed E-state index contributed by atoms with van der Waals surface area (Å²) >= 11 is 0. The van der Waals surface area contributed by atoms with E-state index in [2.05, 4.69) is 0 Å². The molecule has 0 spiro atoms. The molecule has 3 nitrogen and oxygen atoms in total. The van der Waals surface area contributed by atoms with Gasteiger partial charge in [-0.05, 0) is 19.1 Å². The predicted octanol–water partition coefficient (Wildman–Crippen LogP) is 2.06. The third kappa shape index (κ3) is 1.56. The molecule has 0 aliphatic rings. The summed E-state index contributed by atoms with van der Waals surface area (Å²) in [6.07, 6.45) is 0. The van der Waals surface area contributed by atoms with Gasteiger partial charge in [0.2, 0.25) is 0 Å². The van der Waals surface area contributed by atoms with E-state index in [-0.39, 0.29) is 0 Å². The first kappa shape index (κ1) is 9.78. The fourth-order valence-corrected chi connectivity index (χ4v) is 1.29. The molecule has 1 atom stereocenters. The van der Waals surface area contributed by atoms with Crippen molar-refractivity contribution in [1.29, 1.82) is 15.8 Å². The molecule has 0 fully saturated rings. The fourth-order valence-electron chi connectivity index (χ4n) is 1.29. The second-order valence-corrected chi connectivity index (χ2v) is 2.84. The molecule has 1 unspecified atom stereocenters. The first-order chi connectivity index (χ1) is 6.74. The summed E-state index contributed by atoms with van der Waals surface area (Å²) in [5.74, 6) is -0.430. The van der Waals surface area contributed by atoms with Gasteiger partial charge in [-0.15, -0.1) is 0 Å². The fraction of sp³-hybridized carbons (Fsp3) is 0.182. The van der Waals surface area contributed by atoms with Gasteiger partial charge in [0.25, 0.3) is 0 Å².